The van der Waals surface area contributed by atoms with Gasteiger partial charge in [0.25, 0.3) is 0 Å². The van der Waals surface area contributed by atoms with Crippen LogP contribution in [0.5, 0.6) is 0 Å². The lowest BCUT2D eigenvalue weighted by Gasteiger charge is -2.33. The molecule has 0 spiro atoms. The molecule has 0 aromatic heterocycles. The van der Waals surface area contributed by atoms with Gasteiger partial charge in [-0.2, -0.15) is 0 Å². The first kappa shape index (κ1) is 36.8. The van der Waals surface area contributed by atoms with Crippen molar-refractivity contribution in [1.82, 2.24) is 10.2 Å². The van der Waals surface area contributed by atoms with Crippen molar-refractivity contribution in [2.75, 3.05) is 72.4 Å². The van der Waals surface area contributed by atoms with Crippen LogP contribution in [0.15, 0.2) is 0 Å². The number of hydrogen-bond acceptors (Lipinski definition) is 15. The predicted molar refractivity (Wildman–Crippen MR) is 132 cm³/mol. The molecule has 0 radical (unpaired) electrons. The molecule has 1 amide bonds. The lowest BCUT2D eigenvalue weighted by Crippen LogP contribution is -2.53. The summed E-state index contributed by atoms with van der Waals surface area (Å²) >= 11 is 0. The van der Waals surface area contributed by atoms with Gasteiger partial charge in [-0.05, 0) is 6.42 Å². The van der Waals surface area contributed by atoms with Crippen LogP contribution in [0.2, 0.25) is 0 Å². The summed E-state index contributed by atoms with van der Waals surface area (Å²) in [4.78, 5) is 13.2. The van der Waals surface area contributed by atoms with Crippen molar-refractivity contribution < 1.29 is 65.0 Å². The molecular formula is C22H47N3O13. The standard InChI is InChI=1S/C22H47N3O13/c1-2-14(27)18(31)19(32)15(28)11-25(12-16(29)20(33)21(34)17(30)13-26)5-4-24-22(35)38-10-9-37-8-7-36-6-3-23/h14-21,26-34H,2-13,23H2,1H3,(H,24,35)/t14-,15+,16+,17-,18-,19-,20-,21-/m1/s1. The van der Waals surface area contributed by atoms with Crippen molar-refractivity contribution in [3.8, 4) is 0 Å². The van der Waals surface area contributed by atoms with E-state index in [9.17, 15) is 45.6 Å². The van der Waals surface area contributed by atoms with Crippen LogP contribution < -0.4 is 11.1 Å². The summed E-state index contributed by atoms with van der Waals surface area (Å²) in [7, 11) is 0. The van der Waals surface area contributed by atoms with Gasteiger partial charge in [0.15, 0.2) is 0 Å². The Morgan fingerprint density at radius 1 is 0.763 bits per heavy atom. The minimum Gasteiger partial charge on any atom is -0.447 e. The Hall–Kier alpha value is -1.25. The van der Waals surface area contributed by atoms with E-state index in [2.05, 4.69) is 5.32 Å². The Morgan fingerprint density at radius 2 is 1.24 bits per heavy atom. The zero-order valence-corrected chi connectivity index (χ0v) is 21.8. The zero-order chi connectivity index (χ0) is 29.1. The van der Waals surface area contributed by atoms with Crippen LogP contribution in [0, 0.1) is 0 Å². The molecule has 0 rings (SSSR count). The summed E-state index contributed by atoms with van der Waals surface area (Å²) in [6.07, 6.45) is -14.1. The van der Waals surface area contributed by atoms with E-state index in [0.29, 0.717) is 26.4 Å². The average molecular weight is 562 g/mol. The van der Waals surface area contributed by atoms with Gasteiger partial charge in [-0.3, -0.25) is 4.90 Å². The fraction of sp³-hybridized carbons (Fsp3) is 0.955. The largest absolute Gasteiger partial charge is 0.447 e. The maximum absolute atomic E-state index is 11.9. The zero-order valence-electron chi connectivity index (χ0n) is 21.8. The van der Waals surface area contributed by atoms with Crippen LogP contribution in [0.25, 0.3) is 0 Å². The van der Waals surface area contributed by atoms with Gasteiger partial charge in [0.1, 0.15) is 37.1 Å². The molecule has 0 aliphatic rings. The number of nitrogens with zero attached hydrogens (tertiary/aromatic N) is 1. The summed E-state index contributed by atoms with van der Waals surface area (Å²) in [6.45, 7) is 1.35. The van der Waals surface area contributed by atoms with E-state index >= 15 is 0 Å². The van der Waals surface area contributed by atoms with Gasteiger partial charge < -0.3 is 71.2 Å². The molecule has 8 atom stereocenters. The van der Waals surface area contributed by atoms with E-state index in [-0.39, 0.29) is 39.3 Å². The van der Waals surface area contributed by atoms with E-state index < -0.39 is 68.1 Å². The number of nitrogens with two attached hydrogens (primary N) is 1. The van der Waals surface area contributed by atoms with Crippen molar-refractivity contribution in [3.63, 3.8) is 0 Å². The number of alkyl carbamates (subject to hydrolysis) is 1. The lowest BCUT2D eigenvalue weighted by molar-refractivity contribution is -0.127. The highest BCUT2D eigenvalue weighted by atomic mass is 16.6. The van der Waals surface area contributed by atoms with Crippen LogP contribution in [0.4, 0.5) is 4.79 Å². The first-order valence-electron chi connectivity index (χ1n) is 12.5. The van der Waals surface area contributed by atoms with E-state index in [1.54, 1.807) is 6.92 Å². The average Bonchev–Trinajstić information content (AvgIpc) is 2.91. The van der Waals surface area contributed by atoms with Gasteiger partial charge in [-0.1, -0.05) is 6.92 Å². The second kappa shape index (κ2) is 21.6. The number of carbonyl (C=O) groups excluding carboxylic acids is 1. The topological polar surface area (TPSA) is 268 Å². The number of aliphatic hydroxyl groups excluding tert-OH is 9. The predicted octanol–water partition coefficient (Wildman–Crippen LogP) is -5.70. The minimum atomic E-state index is -1.88. The number of nitrogens with one attached hydrogen (secondary N) is 1. The number of rotatable bonds is 23. The normalized spacial score (nSPS) is 18.3. The maximum Gasteiger partial charge on any atom is 0.407 e. The van der Waals surface area contributed by atoms with Gasteiger partial charge in [-0.15, -0.1) is 0 Å². The fourth-order valence-electron chi connectivity index (χ4n) is 3.23. The highest BCUT2D eigenvalue weighted by molar-refractivity contribution is 5.67. The fourth-order valence-corrected chi connectivity index (χ4v) is 3.23. The Balaban J connectivity index is 4.84. The lowest BCUT2D eigenvalue weighted by atomic mass is 10.00. The number of carbonyl (C=O) groups is 1. The molecule has 0 aliphatic heterocycles. The molecule has 0 unspecified atom stereocenters. The minimum absolute atomic E-state index is 0.0367. The monoisotopic (exact) mass is 561 g/mol. The van der Waals surface area contributed by atoms with Crippen molar-refractivity contribution in [2.24, 2.45) is 5.73 Å². The van der Waals surface area contributed by atoms with Crippen molar-refractivity contribution in [3.05, 3.63) is 0 Å². The molecule has 0 fully saturated rings. The number of amides is 1. The molecule has 16 heteroatoms. The molecule has 16 nitrogen and oxygen atoms in total. The van der Waals surface area contributed by atoms with Crippen LogP contribution in [-0.4, -0.2) is 178 Å². The smallest absolute Gasteiger partial charge is 0.407 e. The highest BCUT2D eigenvalue weighted by Gasteiger charge is 2.34. The summed E-state index contributed by atoms with van der Waals surface area (Å²) in [5.41, 5.74) is 5.29. The van der Waals surface area contributed by atoms with Gasteiger partial charge in [0.2, 0.25) is 0 Å². The Kier molecular flexibility index (Phi) is 20.8. The third kappa shape index (κ3) is 15.4. The first-order valence-corrected chi connectivity index (χ1v) is 12.5. The third-order valence-electron chi connectivity index (χ3n) is 5.56. The first-order chi connectivity index (χ1) is 18.0. The molecule has 0 aromatic carbocycles. The van der Waals surface area contributed by atoms with Gasteiger partial charge >= 0.3 is 6.09 Å². The maximum atomic E-state index is 11.9. The molecule has 0 saturated carbocycles. The van der Waals surface area contributed by atoms with Gasteiger partial charge in [-0.25, -0.2) is 4.79 Å². The van der Waals surface area contributed by atoms with Crippen LogP contribution >= 0.6 is 0 Å². The van der Waals surface area contributed by atoms with Crippen molar-refractivity contribution >= 4 is 6.09 Å². The molecule has 38 heavy (non-hydrogen) atoms. The number of aliphatic hydroxyl groups is 9. The number of hydrogen-bond donors (Lipinski definition) is 11. The van der Waals surface area contributed by atoms with Crippen LogP contribution in [0.1, 0.15) is 13.3 Å². The molecule has 0 heterocycles. The van der Waals surface area contributed by atoms with Crippen molar-refractivity contribution in [2.45, 2.75) is 62.2 Å². The quantitative estimate of drug-likeness (QED) is 0.0519. The van der Waals surface area contributed by atoms with Crippen LogP contribution in [-0.2, 0) is 14.2 Å². The van der Waals surface area contributed by atoms with Gasteiger partial charge in [0, 0.05) is 32.7 Å². The second-order valence-electron chi connectivity index (χ2n) is 8.66. The van der Waals surface area contributed by atoms with E-state index in [1.165, 1.54) is 4.90 Å². The summed E-state index contributed by atoms with van der Waals surface area (Å²) in [6, 6.07) is 0. The highest BCUT2D eigenvalue weighted by Crippen LogP contribution is 2.11. The molecule has 12 N–H and O–H groups in total. The summed E-state index contributed by atoms with van der Waals surface area (Å²) in [5, 5.41) is 91.4. The molecular weight excluding hydrogens is 514 g/mol. The van der Waals surface area contributed by atoms with Crippen molar-refractivity contribution in [1.29, 1.82) is 0 Å². The molecule has 228 valence electrons. The number of ether oxygens (including phenoxy) is 3. The van der Waals surface area contributed by atoms with Crippen LogP contribution in [0.3, 0.4) is 0 Å². The Morgan fingerprint density at radius 3 is 1.74 bits per heavy atom. The van der Waals surface area contributed by atoms with E-state index in [4.69, 9.17) is 25.1 Å². The molecule has 0 aromatic rings. The van der Waals surface area contributed by atoms with E-state index in [0.717, 1.165) is 0 Å². The Labute approximate surface area is 222 Å². The molecule has 0 aliphatic carbocycles. The summed E-state index contributed by atoms with van der Waals surface area (Å²) in [5.74, 6) is 0. The summed E-state index contributed by atoms with van der Waals surface area (Å²) < 4.78 is 15.3. The Bertz CT molecular complexity index is 565. The second-order valence-corrected chi connectivity index (χ2v) is 8.66. The molecule has 0 saturated heterocycles. The van der Waals surface area contributed by atoms with Gasteiger partial charge in [0.05, 0.1) is 51.3 Å². The molecule has 0 bridgehead atoms. The third-order valence-corrected chi connectivity index (χ3v) is 5.56. The van der Waals surface area contributed by atoms with E-state index in [1.807, 2.05) is 0 Å². The SMILES string of the molecule is CC[C@@H](O)[C@@H](O)[C@H](O)[C@@H](O)CN(CCNC(=O)OCCOCCOCCN)C[C@H](O)[C@@H](O)[C@H](O)[C@H](O)CO.